The monoisotopic (exact) mass is 234 g/mol. The van der Waals surface area contributed by atoms with Gasteiger partial charge in [0, 0.05) is 11.8 Å². The van der Waals surface area contributed by atoms with Crippen molar-refractivity contribution in [2.75, 3.05) is 6.61 Å². The van der Waals surface area contributed by atoms with E-state index in [1.807, 2.05) is 31.2 Å². The van der Waals surface area contributed by atoms with Crippen molar-refractivity contribution in [1.29, 1.82) is 0 Å². The molecule has 0 amide bonds. The maximum absolute atomic E-state index is 5.81. The summed E-state index contributed by atoms with van der Waals surface area (Å²) in [7, 11) is 0. The number of hydrogen-bond donors (Lipinski definition) is 0. The molecule has 0 saturated carbocycles. The Bertz CT molecular complexity index is 488. The van der Waals surface area contributed by atoms with Crippen molar-refractivity contribution in [3.63, 3.8) is 0 Å². The van der Waals surface area contributed by atoms with Crippen molar-refractivity contribution in [3.8, 4) is 17.1 Å². The fraction of sp³-hybridized carbons (Fsp3) is 0.167. The molecule has 1 aromatic heterocycles. The van der Waals surface area contributed by atoms with Gasteiger partial charge in [-0.3, -0.25) is 0 Å². The quantitative estimate of drug-likeness (QED) is 0.765. The lowest BCUT2D eigenvalue weighted by molar-refractivity contribution is 0.340. The molecule has 0 atom stereocenters. The number of hydrogen-bond acceptors (Lipinski definition) is 3. The number of ether oxygens (including phenoxy) is 1. The Kier molecular flexibility index (Phi) is 3.37. The van der Waals surface area contributed by atoms with Crippen LogP contribution in [0.4, 0.5) is 0 Å². The van der Waals surface area contributed by atoms with E-state index in [1.54, 1.807) is 12.3 Å². The van der Waals surface area contributed by atoms with E-state index in [-0.39, 0.29) is 0 Å². The lowest BCUT2D eigenvalue weighted by Crippen LogP contribution is -1.93. The van der Waals surface area contributed by atoms with Crippen LogP contribution in [0.3, 0.4) is 0 Å². The molecule has 0 N–H and O–H groups in total. The zero-order valence-electron chi connectivity index (χ0n) is 8.85. The zero-order chi connectivity index (χ0) is 11.4. The fourth-order valence-electron chi connectivity index (χ4n) is 1.37. The molecular weight excluding hydrogens is 224 g/mol. The van der Waals surface area contributed by atoms with Gasteiger partial charge in [-0.25, -0.2) is 9.97 Å². The fourth-order valence-corrected chi connectivity index (χ4v) is 1.50. The molecule has 1 aromatic carbocycles. The van der Waals surface area contributed by atoms with Gasteiger partial charge in [-0.15, -0.1) is 0 Å². The van der Waals surface area contributed by atoms with E-state index >= 15 is 0 Å². The molecule has 2 rings (SSSR count). The van der Waals surface area contributed by atoms with Crippen molar-refractivity contribution in [2.45, 2.75) is 6.92 Å². The minimum atomic E-state index is 0.437. The lowest BCUT2D eigenvalue weighted by Gasteiger charge is -2.05. The van der Waals surface area contributed by atoms with Gasteiger partial charge in [0.15, 0.2) is 5.82 Å². The second-order valence-electron chi connectivity index (χ2n) is 3.16. The van der Waals surface area contributed by atoms with Gasteiger partial charge < -0.3 is 4.74 Å². The number of nitrogens with zero attached hydrogens (tertiary/aromatic N) is 2. The Labute approximate surface area is 99.1 Å². The highest BCUT2D eigenvalue weighted by Crippen LogP contribution is 2.21. The van der Waals surface area contributed by atoms with Crippen molar-refractivity contribution in [1.82, 2.24) is 9.97 Å². The van der Waals surface area contributed by atoms with E-state index in [9.17, 15) is 0 Å². The van der Waals surface area contributed by atoms with Gasteiger partial charge >= 0.3 is 0 Å². The first kappa shape index (κ1) is 10.9. The molecule has 0 aliphatic rings. The number of aromatic nitrogens is 2. The molecule has 82 valence electrons. The first-order valence-electron chi connectivity index (χ1n) is 5.01. The molecule has 16 heavy (non-hydrogen) atoms. The summed E-state index contributed by atoms with van der Waals surface area (Å²) in [5.74, 6) is 1.41. The van der Waals surface area contributed by atoms with Crippen LogP contribution in [0.25, 0.3) is 11.4 Å². The van der Waals surface area contributed by atoms with Crippen LogP contribution in [0, 0.1) is 0 Å². The average molecular weight is 235 g/mol. The number of benzene rings is 1. The zero-order valence-corrected chi connectivity index (χ0v) is 9.61. The highest BCUT2D eigenvalue weighted by atomic mass is 35.5. The van der Waals surface area contributed by atoms with Crippen molar-refractivity contribution >= 4 is 11.6 Å². The van der Waals surface area contributed by atoms with Gasteiger partial charge in [0.05, 0.1) is 6.61 Å². The Morgan fingerprint density at radius 1 is 1.31 bits per heavy atom. The molecule has 0 bridgehead atoms. The van der Waals surface area contributed by atoms with Gasteiger partial charge in [0.2, 0.25) is 0 Å². The molecule has 4 heteroatoms. The van der Waals surface area contributed by atoms with E-state index in [0.29, 0.717) is 17.6 Å². The molecule has 1 heterocycles. The largest absolute Gasteiger partial charge is 0.494 e. The minimum Gasteiger partial charge on any atom is -0.494 e. The topological polar surface area (TPSA) is 35.0 Å². The van der Waals surface area contributed by atoms with Gasteiger partial charge in [0.25, 0.3) is 0 Å². The van der Waals surface area contributed by atoms with Crippen molar-refractivity contribution in [2.24, 2.45) is 0 Å². The van der Waals surface area contributed by atoms with Crippen LogP contribution in [-0.2, 0) is 0 Å². The van der Waals surface area contributed by atoms with E-state index < -0.39 is 0 Å². The second kappa shape index (κ2) is 4.94. The van der Waals surface area contributed by atoms with Crippen LogP contribution in [0.15, 0.2) is 36.5 Å². The maximum atomic E-state index is 5.81. The van der Waals surface area contributed by atoms with Crippen LogP contribution in [0.1, 0.15) is 6.92 Å². The van der Waals surface area contributed by atoms with Crippen molar-refractivity contribution in [3.05, 3.63) is 41.7 Å². The summed E-state index contributed by atoms with van der Waals surface area (Å²) in [5.41, 5.74) is 0.897. The predicted octanol–water partition coefficient (Wildman–Crippen LogP) is 3.20. The van der Waals surface area contributed by atoms with Gasteiger partial charge in [-0.05, 0) is 25.1 Å². The summed E-state index contributed by atoms with van der Waals surface area (Å²) in [5, 5.41) is 0.437. The standard InChI is InChI=1S/C12H11ClN2O/c1-2-16-10-5-3-4-9(8-10)12-14-7-6-11(13)15-12/h3-8H,2H2,1H3. The average Bonchev–Trinajstić information content (AvgIpc) is 2.30. The van der Waals surface area contributed by atoms with E-state index in [1.165, 1.54) is 0 Å². The number of rotatable bonds is 3. The van der Waals surface area contributed by atoms with Crippen LogP contribution in [-0.4, -0.2) is 16.6 Å². The second-order valence-corrected chi connectivity index (χ2v) is 3.55. The summed E-state index contributed by atoms with van der Waals surface area (Å²) in [6.45, 7) is 2.59. The molecule has 0 spiro atoms. The smallest absolute Gasteiger partial charge is 0.160 e. The summed E-state index contributed by atoms with van der Waals surface area (Å²) in [4.78, 5) is 8.30. The number of halogens is 1. The Morgan fingerprint density at radius 3 is 2.94 bits per heavy atom. The molecular formula is C12H11ClN2O. The molecule has 0 radical (unpaired) electrons. The normalized spacial score (nSPS) is 10.1. The Balaban J connectivity index is 2.36. The van der Waals surface area contributed by atoms with E-state index in [4.69, 9.17) is 16.3 Å². The minimum absolute atomic E-state index is 0.437. The molecule has 0 aliphatic heterocycles. The SMILES string of the molecule is CCOc1cccc(-c2nccc(Cl)n2)c1. The van der Waals surface area contributed by atoms with Gasteiger partial charge in [-0.2, -0.15) is 0 Å². The third-order valence-electron chi connectivity index (χ3n) is 2.02. The molecule has 2 aromatic rings. The molecule has 0 saturated heterocycles. The third-order valence-corrected chi connectivity index (χ3v) is 2.24. The van der Waals surface area contributed by atoms with Gasteiger partial charge in [0.1, 0.15) is 10.9 Å². The molecule has 0 unspecified atom stereocenters. The molecule has 3 nitrogen and oxygen atoms in total. The van der Waals surface area contributed by atoms with Crippen LogP contribution in [0.5, 0.6) is 5.75 Å². The molecule has 0 aliphatic carbocycles. The first-order chi connectivity index (χ1) is 7.79. The first-order valence-corrected chi connectivity index (χ1v) is 5.39. The van der Waals surface area contributed by atoms with E-state index in [2.05, 4.69) is 9.97 Å². The highest BCUT2D eigenvalue weighted by Gasteiger charge is 2.03. The highest BCUT2D eigenvalue weighted by molar-refractivity contribution is 6.29. The van der Waals surface area contributed by atoms with Crippen LogP contribution < -0.4 is 4.74 Å². The summed E-state index contributed by atoms with van der Waals surface area (Å²) in [6, 6.07) is 9.28. The maximum Gasteiger partial charge on any atom is 0.160 e. The lowest BCUT2D eigenvalue weighted by atomic mass is 10.2. The Morgan fingerprint density at radius 2 is 2.19 bits per heavy atom. The van der Waals surface area contributed by atoms with E-state index in [0.717, 1.165) is 11.3 Å². The van der Waals surface area contributed by atoms with Crippen molar-refractivity contribution < 1.29 is 4.74 Å². The van der Waals surface area contributed by atoms with Gasteiger partial charge in [-0.1, -0.05) is 23.7 Å². The summed E-state index contributed by atoms with van der Waals surface area (Å²) < 4.78 is 5.41. The van der Waals surface area contributed by atoms with Crippen LogP contribution in [0.2, 0.25) is 5.15 Å². The summed E-state index contributed by atoms with van der Waals surface area (Å²) >= 11 is 5.81. The molecule has 0 fully saturated rings. The Hall–Kier alpha value is -1.61. The third kappa shape index (κ3) is 2.49. The van der Waals surface area contributed by atoms with Crippen LogP contribution >= 0.6 is 11.6 Å². The predicted molar refractivity (Wildman–Crippen MR) is 63.6 cm³/mol. The summed E-state index contributed by atoms with van der Waals surface area (Å²) in [6.07, 6.45) is 1.64.